The molecule has 0 amide bonds. The monoisotopic (exact) mass is 160 g/mol. The summed E-state index contributed by atoms with van der Waals surface area (Å²) in [5.41, 5.74) is 4.87. The first kappa shape index (κ1) is 7.80. The topological polar surface area (TPSA) is 49.8 Å². The molecular formula is C5H6F2N4. The number of hydrogen-bond acceptors (Lipinski definition) is 4. The van der Waals surface area contributed by atoms with E-state index in [1.165, 1.54) is 0 Å². The molecule has 2 N–H and O–H groups in total. The molecular weight excluding hydrogens is 154 g/mol. The quantitative estimate of drug-likeness (QED) is 0.371. The molecule has 0 bridgehead atoms. The maximum Gasteiger partial charge on any atom is 0.313 e. The van der Waals surface area contributed by atoms with Crippen LogP contribution in [0.15, 0.2) is 6.07 Å². The van der Waals surface area contributed by atoms with Gasteiger partial charge in [-0.25, -0.2) is 5.43 Å². The van der Waals surface area contributed by atoms with E-state index in [0.717, 1.165) is 6.07 Å². The number of aromatic nitrogens is 2. The lowest BCUT2D eigenvalue weighted by Crippen LogP contribution is -2.17. The van der Waals surface area contributed by atoms with E-state index in [9.17, 15) is 8.78 Å². The molecule has 6 heteroatoms. The number of hydrazine groups is 1. The first-order chi connectivity index (χ1) is 5.22. The maximum atomic E-state index is 12.3. The van der Waals surface area contributed by atoms with Crippen LogP contribution in [0.3, 0.4) is 0 Å². The minimum Gasteiger partial charge on any atom is -0.306 e. The van der Waals surface area contributed by atoms with Crippen molar-refractivity contribution in [1.29, 1.82) is 0 Å². The summed E-state index contributed by atoms with van der Waals surface area (Å²) in [7, 11) is 1.55. The zero-order valence-corrected chi connectivity index (χ0v) is 5.73. The Balaban J connectivity index is 2.89. The van der Waals surface area contributed by atoms with E-state index in [2.05, 4.69) is 20.8 Å². The Morgan fingerprint density at radius 3 is 2.64 bits per heavy atom. The Morgan fingerprint density at radius 1 is 1.36 bits per heavy atom. The molecule has 0 aliphatic heterocycles. The van der Waals surface area contributed by atoms with Crippen molar-refractivity contribution in [3.05, 3.63) is 18.1 Å². The fourth-order valence-electron chi connectivity index (χ4n) is 0.582. The van der Waals surface area contributed by atoms with Gasteiger partial charge in [-0.2, -0.15) is 18.7 Å². The maximum absolute atomic E-state index is 12.3. The van der Waals surface area contributed by atoms with Gasteiger partial charge in [0.05, 0.1) is 0 Å². The second-order valence-corrected chi connectivity index (χ2v) is 1.72. The highest BCUT2D eigenvalue weighted by Gasteiger charge is 2.00. The molecule has 0 aliphatic carbocycles. The highest BCUT2D eigenvalue weighted by Crippen LogP contribution is 2.02. The number of anilines is 1. The fraction of sp³-hybridized carbons (Fsp3) is 0.200. The molecule has 0 spiro atoms. The zero-order valence-electron chi connectivity index (χ0n) is 5.73. The van der Waals surface area contributed by atoms with Crippen molar-refractivity contribution in [3.8, 4) is 0 Å². The first-order valence-corrected chi connectivity index (χ1v) is 2.85. The van der Waals surface area contributed by atoms with E-state index in [1.807, 2.05) is 0 Å². The summed E-state index contributed by atoms with van der Waals surface area (Å²) in [6, 6.07) is 0.972. The number of hydrogen-bond donors (Lipinski definition) is 2. The molecule has 0 aromatic carbocycles. The van der Waals surface area contributed by atoms with Gasteiger partial charge in [-0.05, 0) is 0 Å². The van der Waals surface area contributed by atoms with Gasteiger partial charge in [0.25, 0.3) is 0 Å². The SMILES string of the molecule is CNNc1cc(F)nc(F)n1. The molecule has 0 fully saturated rings. The van der Waals surface area contributed by atoms with E-state index in [0.29, 0.717) is 0 Å². The number of nitrogens with zero attached hydrogens (tertiary/aromatic N) is 2. The second kappa shape index (κ2) is 3.20. The molecule has 4 nitrogen and oxygen atoms in total. The van der Waals surface area contributed by atoms with Gasteiger partial charge < -0.3 is 5.43 Å². The minimum atomic E-state index is -1.09. The van der Waals surface area contributed by atoms with Crippen LogP contribution >= 0.6 is 0 Å². The van der Waals surface area contributed by atoms with Crippen LogP contribution in [0.25, 0.3) is 0 Å². The average Bonchev–Trinajstić information content (AvgIpc) is 1.85. The molecule has 0 saturated heterocycles. The van der Waals surface area contributed by atoms with Gasteiger partial charge in [-0.15, -0.1) is 0 Å². The van der Waals surface area contributed by atoms with Crippen molar-refractivity contribution in [3.63, 3.8) is 0 Å². The molecule has 0 radical (unpaired) electrons. The van der Waals surface area contributed by atoms with Gasteiger partial charge in [0.1, 0.15) is 5.82 Å². The van der Waals surface area contributed by atoms with Crippen LogP contribution in [0, 0.1) is 12.0 Å². The summed E-state index contributed by atoms with van der Waals surface area (Å²) < 4.78 is 24.5. The van der Waals surface area contributed by atoms with Crippen LogP contribution < -0.4 is 10.9 Å². The van der Waals surface area contributed by atoms with Crippen molar-refractivity contribution < 1.29 is 8.78 Å². The normalized spacial score (nSPS) is 9.73. The number of rotatable bonds is 2. The lowest BCUT2D eigenvalue weighted by Gasteiger charge is -2.00. The molecule has 0 saturated carbocycles. The van der Waals surface area contributed by atoms with E-state index in [1.54, 1.807) is 7.05 Å². The fourth-order valence-corrected chi connectivity index (χ4v) is 0.582. The smallest absolute Gasteiger partial charge is 0.306 e. The summed E-state index contributed by atoms with van der Waals surface area (Å²) in [4.78, 5) is 6.04. The van der Waals surface area contributed by atoms with Crippen LogP contribution in [0.1, 0.15) is 0 Å². The van der Waals surface area contributed by atoms with Crippen LogP contribution in [0.2, 0.25) is 0 Å². The highest BCUT2D eigenvalue weighted by atomic mass is 19.1. The molecule has 0 aliphatic rings. The Labute approximate surface area is 61.6 Å². The minimum absolute atomic E-state index is 0.0532. The van der Waals surface area contributed by atoms with Gasteiger partial charge >= 0.3 is 6.08 Å². The Kier molecular flexibility index (Phi) is 2.27. The summed E-state index contributed by atoms with van der Waals surface area (Å²) in [6.07, 6.45) is -1.09. The predicted molar refractivity (Wildman–Crippen MR) is 34.6 cm³/mol. The van der Waals surface area contributed by atoms with Crippen molar-refractivity contribution in [2.24, 2.45) is 0 Å². The lowest BCUT2D eigenvalue weighted by atomic mass is 10.6. The second-order valence-electron chi connectivity index (χ2n) is 1.72. The largest absolute Gasteiger partial charge is 0.313 e. The van der Waals surface area contributed by atoms with E-state index in [-0.39, 0.29) is 5.82 Å². The van der Waals surface area contributed by atoms with E-state index >= 15 is 0 Å². The Bertz CT molecular complexity index is 232. The van der Waals surface area contributed by atoms with Crippen molar-refractivity contribution >= 4 is 5.82 Å². The van der Waals surface area contributed by atoms with Gasteiger partial charge in [0.2, 0.25) is 5.95 Å². The lowest BCUT2D eigenvalue weighted by molar-refractivity contribution is 0.484. The van der Waals surface area contributed by atoms with Crippen LogP contribution in [-0.4, -0.2) is 17.0 Å². The summed E-state index contributed by atoms with van der Waals surface area (Å²) >= 11 is 0. The number of nitrogens with one attached hydrogen (secondary N) is 2. The highest BCUT2D eigenvalue weighted by molar-refractivity contribution is 5.30. The Morgan fingerprint density at radius 2 is 2.09 bits per heavy atom. The summed E-state index contributed by atoms with van der Waals surface area (Å²) in [5, 5.41) is 0. The molecule has 1 rings (SSSR count). The van der Waals surface area contributed by atoms with Crippen molar-refractivity contribution in [2.75, 3.05) is 12.5 Å². The first-order valence-electron chi connectivity index (χ1n) is 2.85. The molecule has 1 aromatic heterocycles. The van der Waals surface area contributed by atoms with Gasteiger partial charge in [-0.1, -0.05) is 0 Å². The molecule has 11 heavy (non-hydrogen) atoms. The average molecular weight is 160 g/mol. The van der Waals surface area contributed by atoms with E-state index in [4.69, 9.17) is 0 Å². The van der Waals surface area contributed by atoms with Crippen LogP contribution in [-0.2, 0) is 0 Å². The van der Waals surface area contributed by atoms with E-state index < -0.39 is 12.0 Å². The van der Waals surface area contributed by atoms with Crippen molar-refractivity contribution in [1.82, 2.24) is 15.4 Å². The summed E-state index contributed by atoms with van der Waals surface area (Å²) in [5.74, 6) is -0.854. The zero-order chi connectivity index (χ0) is 8.27. The summed E-state index contributed by atoms with van der Waals surface area (Å²) in [6.45, 7) is 0. The standard InChI is InChI=1S/C5H6F2N4/c1-8-11-4-2-3(6)9-5(7)10-4/h2,8H,1H3,(H,9,10,11). The third kappa shape index (κ3) is 2.08. The molecule has 0 atom stereocenters. The van der Waals surface area contributed by atoms with Crippen molar-refractivity contribution in [2.45, 2.75) is 0 Å². The Hall–Kier alpha value is -1.30. The van der Waals surface area contributed by atoms with Gasteiger partial charge in [0.15, 0.2) is 0 Å². The van der Waals surface area contributed by atoms with Gasteiger partial charge in [-0.3, -0.25) is 0 Å². The molecule has 0 unspecified atom stereocenters. The molecule has 60 valence electrons. The molecule has 1 heterocycles. The third-order valence-electron chi connectivity index (χ3n) is 0.921. The predicted octanol–water partition coefficient (Wildman–Crippen LogP) is 0.301. The van der Waals surface area contributed by atoms with Crippen LogP contribution in [0.4, 0.5) is 14.6 Å². The third-order valence-corrected chi connectivity index (χ3v) is 0.921. The number of halogens is 2. The molecule has 1 aromatic rings. The van der Waals surface area contributed by atoms with Crippen LogP contribution in [0.5, 0.6) is 0 Å². The van der Waals surface area contributed by atoms with Gasteiger partial charge in [0, 0.05) is 13.1 Å².